The molecule has 2 aliphatic rings. The Morgan fingerprint density at radius 2 is 1.91 bits per heavy atom. The van der Waals surface area contributed by atoms with Crippen molar-refractivity contribution in [3.63, 3.8) is 0 Å². The molecule has 1 fully saturated rings. The summed E-state index contributed by atoms with van der Waals surface area (Å²) in [5.41, 5.74) is 3.86. The van der Waals surface area contributed by atoms with Crippen molar-refractivity contribution in [3.05, 3.63) is 53.6 Å². The minimum atomic E-state index is -3.67. The molecule has 0 aliphatic carbocycles. The Bertz CT molecular complexity index is 1080. The van der Waals surface area contributed by atoms with Crippen LogP contribution >= 0.6 is 0 Å². The Morgan fingerprint density at radius 3 is 2.59 bits per heavy atom. The molecule has 0 bridgehead atoms. The number of carbonyl (C=O) groups is 1. The molecule has 1 saturated heterocycles. The first-order chi connectivity index (χ1) is 15.3. The number of piperidine rings is 1. The summed E-state index contributed by atoms with van der Waals surface area (Å²) in [7, 11) is -3.67. The molecule has 2 aromatic rings. The SMILES string of the molecule is CCC(=O)N1CCc2cc(S(=O)(=O)N[C@H](C)c3ccc(N4CCC[C@H](C)C4)cc3)ccc21. The Labute approximate surface area is 191 Å². The fourth-order valence-electron chi connectivity index (χ4n) is 4.76. The van der Waals surface area contributed by atoms with Crippen LogP contribution in [0.25, 0.3) is 0 Å². The van der Waals surface area contributed by atoms with E-state index in [1.807, 2.05) is 26.0 Å². The molecule has 32 heavy (non-hydrogen) atoms. The maximum atomic E-state index is 13.0. The van der Waals surface area contributed by atoms with Crippen LogP contribution in [0, 0.1) is 5.92 Å². The van der Waals surface area contributed by atoms with Gasteiger partial charge in [0, 0.05) is 43.5 Å². The number of hydrogen-bond donors (Lipinski definition) is 1. The minimum absolute atomic E-state index is 0.0635. The van der Waals surface area contributed by atoms with E-state index in [0.29, 0.717) is 25.3 Å². The maximum absolute atomic E-state index is 13.0. The lowest BCUT2D eigenvalue weighted by molar-refractivity contribution is -0.118. The number of sulfonamides is 1. The highest BCUT2D eigenvalue weighted by molar-refractivity contribution is 7.89. The molecule has 1 N–H and O–H groups in total. The lowest BCUT2D eigenvalue weighted by atomic mass is 9.99. The van der Waals surface area contributed by atoms with Crippen molar-refractivity contribution in [1.82, 2.24) is 4.72 Å². The molecule has 0 unspecified atom stereocenters. The van der Waals surface area contributed by atoms with Crippen LogP contribution in [-0.4, -0.2) is 34.0 Å². The van der Waals surface area contributed by atoms with Gasteiger partial charge in [0.25, 0.3) is 0 Å². The molecule has 2 heterocycles. The van der Waals surface area contributed by atoms with Gasteiger partial charge in [-0.3, -0.25) is 4.79 Å². The van der Waals surface area contributed by atoms with Crippen LogP contribution in [0.5, 0.6) is 0 Å². The summed E-state index contributed by atoms with van der Waals surface area (Å²) in [4.78, 5) is 16.5. The number of fused-ring (bicyclic) bond motifs is 1. The van der Waals surface area contributed by atoms with Gasteiger partial charge in [0.05, 0.1) is 4.90 Å². The molecule has 172 valence electrons. The van der Waals surface area contributed by atoms with E-state index in [2.05, 4.69) is 28.7 Å². The molecular formula is C25H33N3O3S. The van der Waals surface area contributed by atoms with Crippen molar-refractivity contribution < 1.29 is 13.2 Å². The van der Waals surface area contributed by atoms with E-state index >= 15 is 0 Å². The van der Waals surface area contributed by atoms with Crippen molar-refractivity contribution in [2.75, 3.05) is 29.4 Å². The van der Waals surface area contributed by atoms with Crippen LogP contribution in [0.3, 0.4) is 0 Å². The van der Waals surface area contributed by atoms with Gasteiger partial charge in [-0.05, 0) is 73.6 Å². The van der Waals surface area contributed by atoms with Crippen LogP contribution in [0.4, 0.5) is 11.4 Å². The summed E-state index contributed by atoms with van der Waals surface area (Å²) in [6.45, 7) is 8.74. The molecule has 4 rings (SSSR count). The van der Waals surface area contributed by atoms with Gasteiger partial charge >= 0.3 is 0 Å². The van der Waals surface area contributed by atoms with Crippen LogP contribution < -0.4 is 14.5 Å². The van der Waals surface area contributed by atoms with E-state index < -0.39 is 10.0 Å². The standard InChI is InChI=1S/C25H33N3O3S/c1-4-25(29)28-15-13-21-16-23(11-12-24(21)28)32(30,31)26-19(3)20-7-9-22(10-8-20)27-14-5-6-18(2)17-27/h7-12,16,18-19,26H,4-6,13-15,17H2,1-3H3/t18-,19+/m0/s1. The molecule has 2 aliphatic heterocycles. The second kappa shape index (κ2) is 9.24. The average Bonchev–Trinajstić information content (AvgIpc) is 3.22. The normalized spacial score (nSPS) is 19.7. The van der Waals surface area contributed by atoms with Gasteiger partial charge in [0.1, 0.15) is 0 Å². The summed E-state index contributed by atoms with van der Waals surface area (Å²) in [5.74, 6) is 0.766. The van der Waals surface area contributed by atoms with E-state index in [1.54, 1.807) is 23.1 Å². The number of hydrogen-bond acceptors (Lipinski definition) is 4. The van der Waals surface area contributed by atoms with Crippen molar-refractivity contribution >= 4 is 27.3 Å². The van der Waals surface area contributed by atoms with Crippen LogP contribution in [0.2, 0.25) is 0 Å². The molecule has 2 aromatic carbocycles. The van der Waals surface area contributed by atoms with Crippen molar-refractivity contribution in [1.29, 1.82) is 0 Å². The second-order valence-corrected chi connectivity index (χ2v) is 10.8. The third kappa shape index (κ3) is 4.69. The lowest BCUT2D eigenvalue weighted by Crippen LogP contribution is -2.34. The van der Waals surface area contributed by atoms with Crippen molar-refractivity contribution in [2.24, 2.45) is 5.92 Å². The number of nitrogens with zero attached hydrogens (tertiary/aromatic N) is 2. The van der Waals surface area contributed by atoms with Crippen molar-refractivity contribution in [3.8, 4) is 0 Å². The number of anilines is 2. The number of rotatable bonds is 6. The van der Waals surface area contributed by atoms with Gasteiger partial charge in [-0.15, -0.1) is 0 Å². The fraction of sp³-hybridized carbons (Fsp3) is 0.480. The molecule has 7 heteroatoms. The molecule has 0 spiro atoms. The minimum Gasteiger partial charge on any atom is -0.371 e. The highest BCUT2D eigenvalue weighted by Crippen LogP contribution is 2.31. The van der Waals surface area contributed by atoms with Crippen LogP contribution in [0.15, 0.2) is 47.4 Å². The molecule has 6 nitrogen and oxygen atoms in total. The first-order valence-corrected chi connectivity index (χ1v) is 13.1. The second-order valence-electron chi connectivity index (χ2n) is 9.07. The summed E-state index contributed by atoms with van der Waals surface area (Å²) >= 11 is 0. The Kier molecular flexibility index (Phi) is 6.58. The Morgan fingerprint density at radius 1 is 1.16 bits per heavy atom. The quantitative estimate of drug-likeness (QED) is 0.707. The van der Waals surface area contributed by atoms with E-state index in [9.17, 15) is 13.2 Å². The highest BCUT2D eigenvalue weighted by atomic mass is 32.2. The zero-order valence-corrected chi connectivity index (χ0v) is 20.0. The third-order valence-corrected chi connectivity index (χ3v) is 8.15. The smallest absolute Gasteiger partial charge is 0.241 e. The molecular weight excluding hydrogens is 422 g/mol. The van der Waals surface area contributed by atoms with E-state index in [1.165, 1.54) is 18.5 Å². The van der Waals surface area contributed by atoms with Gasteiger partial charge in [-0.2, -0.15) is 0 Å². The molecule has 2 atom stereocenters. The summed E-state index contributed by atoms with van der Waals surface area (Å²) in [5, 5.41) is 0. The molecule has 0 saturated carbocycles. The van der Waals surface area contributed by atoms with E-state index in [4.69, 9.17) is 0 Å². The average molecular weight is 456 g/mol. The summed E-state index contributed by atoms with van der Waals surface area (Å²) in [6, 6.07) is 12.9. The fourth-order valence-corrected chi connectivity index (χ4v) is 6.04. The van der Waals surface area contributed by atoms with E-state index in [-0.39, 0.29) is 16.8 Å². The predicted molar refractivity (Wildman–Crippen MR) is 129 cm³/mol. The van der Waals surface area contributed by atoms with Gasteiger partial charge in [0.2, 0.25) is 15.9 Å². The third-order valence-electron chi connectivity index (χ3n) is 6.61. The number of nitrogens with one attached hydrogen (secondary N) is 1. The lowest BCUT2D eigenvalue weighted by Gasteiger charge is -2.33. The van der Waals surface area contributed by atoms with Gasteiger partial charge in [-0.1, -0.05) is 26.0 Å². The van der Waals surface area contributed by atoms with Crippen LogP contribution in [-0.2, 0) is 21.2 Å². The predicted octanol–water partition coefficient (Wildman–Crippen LogP) is 4.26. The topological polar surface area (TPSA) is 69.7 Å². The van der Waals surface area contributed by atoms with Crippen LogP contribution in [0.1, 0.15) is 57.2 Å². The maximum Gasteiger partial charge on any atom is 0.241 e. The molecule has 1 amide bonds. The summed E-state index contributed by atoms with van der Waals surface area (Å²) in [6.07, 6.45) is 3.61. The van der Waals surface area contributed by atoms with Crippen molar-refractivity contribution in [2.45, 2.75) is 57.4 Å². The Hall–Kier alpha value is -2.38. The van der Waals surface area contributed by atoms with E-state index in [0.717, 1.165) is 29.9 Å². The summed E-state index contributed by atoms with van der Waals surface area (Å²) < 4.78 is 28.9. The monoisotopic (exact) mass is 455 g/mol. The zero-order valence-electron chi connectivity index (χ0n) is 19.2. The highest BCUT2D eigenvalue weighted by Gasteiger charge is 2.26. The number of carbonyl (C=O) groups excluding carboxylic acids is 1. The van der Waals surface area contributed by atoms with Gasteiger partial charge < -0.3 is 9.80 Å². The first kappa shape index (κ1) is 22.8. The zero-order chi connectivity index (χ0) is 22.9. The number of amides is 1. The Balaban J connectivity index is 1.46. The van der Waals surface area contributed by atoms with Gasteiger partial charge in [-0.25, -0.2) is 13.1 Å². The molecule has 0 aromatic heterocycles. The van der Waals surface area contributed by atoms with Gasteiger partial charge in [0.15, 0.2) is 0 Å². The number of benzene rings is 2. The molecule has 0 radical (unpaired) electrons. The largest absolute Gasteiger partial charge is 0.371 e. The first-order valence-electron chi connectivity index (χ1n) is 11.6.